The Balaban J connectivity index is 2.18. The molecule has 1 aromatic rings. The summed E-state index contributed by atoms with van der Waals surface area (Å²) >= 11 is 6.20. The number of carbonyl (C=O) groups is 3. The van der Waals surface area contributed by atoms with Crippen LogP contribution in [-0.2, 0) is 16.0 Å². The molecule has 1 spiro atoms. The Morgan fingerprint density at radius 1 is 1.12 bits per heavy atom. The summed E-state index contributed by atoms with van der Waals surface area (Å²) in [5.74, 6) is -1.28. The molecule has 0 aromatic heterocycles. The largest absolute Gasteiger partial charge is 0.373 e. The van der Waals surface area contributed by atoms with Crippen LogP contribution >= 0.6 is 11.6 Å². The summed E-state index contributed by atoms with van der Waals surface area (Å²) in [4.78, 5) is 51.6. The molecule has 0 unspecified atom stereocenters. The van der Waals surface area contributed by atoms with E-state index in [2.05, 4.69) is 0 Å². The number of rotatable bonds is 1. The number of nitrogens with zero attached hydrogens (tertiary/aromatic N) is 4. The fourth-order valence-electron chi connectivity index (χ4n) is 3.53. The predicted molar refractivity (Wildman–Crippen MR) is 88.4 cm³/mol. The van der Waals surface area contributed by atoms with Crippen molar-refractivity contribution in [2.45, 2.75) is 6.42 Å². The molecular weight excluding hydrogens is 352 g/mol. The van der Waals surface area contributed by atoms with Gasteiger partial charge in [0.25, 0.3) is 5.69 Å². The standard InChI is InChI=1S/C15H15ClN4O5/c1-17-7-15(12(21)18(2)14(23)19(3)13(15)22)6-8-9(17)4-5-10(11(8)16)20(24)25/h4-5H,6-7H2,1-3H3. The maximum atomic E-state index is 12.8. The van der Waals surface area contributed by atoms with E-state index in [9.17, 15) is 24.5 Å². The van der Waals surface area contributed by atoms with Crippen LogP contribution in [0.5, 0.6) is 0 Å². The third kappa shape index (κ3) is 2.19. The van der Waals surface area contributed by atoms with Crippen molar-refractivity contribution in [3.8, 4) is 0 Å². The molecule has 9 nitrogen and oxygen atoms in total. The Kier molecular flexibility index (Phi) is 3.72. The molecule has 1 saturated heterocycles. The van der Waals surface area contributed by atoms with Crippen molar-refractivity contribution >= 4 is 40.8 Å². The molecule has 4 amide bonds. The molecule has 0 radical (unpaired) electrons. The van der Waals surface area contributed by atoms with Gasteiger partial charge >= 0.3 is 6.03 Å². The SMILES string of the molecule is CN1C(=O)N(C)C(=O)C2(Cc3c(ccc([N+](=O)[O-])c3Cl)N(C)C2)C1=O. The molecule has 3 rings (SSSR count). The number of nitro benzene ring substituents is 1. The summed E-state index contributed by atoms with van der Waals surface area (Å²) in [6.07, 6.45) is -0.104. The molecular formula is C15H15ClN4O5. The van der Waals surface area contributed by atoms with Gasteiger partial charge in [-0.2, -0.15) is 0 Å². The number of amides is 4. The summed E-state index contributed by atoms with van der Waals surface area (Å²) in [5.41, 5.74) is -0.872. The first-order valence-electron chi connectivity index (χ1n) is 7.39. The van der Waals surface area contributed by atoms with E-state index in [1.54, 1.807) is 18.0 Å². The van der Waals surface area contributed by atoms with Gasteiger partial charge in [0.05, 0.1) is 4.92 Å². The Bertz CT molecular complexity index is 815. The summed E-state index contributed by atoms with van der Waals surface area (Å²) in [7, 11) is 4.28. The molecule has 25 heavy (non-hydrogen) atoms. The molecule has 0 atom stereocenters. The van der Waals surface area contributed by atoms with E-state index in [0.29, 0.717) is 11.3 Å². The van der Waals surface area contributed by atoms with E-state index >= 15 is 0 Å². The highest BCUT2D eigenvalue weighted by Crippen LogP contribution is 2.45. The molecule has 0 saturated carbocycles. The molecule has 0 aliphatic carbocycles. The van der Waals surface area contributed by atoms with Gasteiger partial charge in [0.2, 0.25) is 11.8 Å². The number of imide groups is 2. The monoisotopic (exact) mass is 366 g/mol. The molecule has 2 heterocycles. The van der Waals surface area contributed by atoms with Crippen molar-refractivity contribution in [2.75, 3.05) is 32.6 Å². The summed E-state index contributed by atoms with van der Waals surface area (Å²) in [6, 6.07) is 2.13. The normalized spacial score (nSPS) is 19.5. The van der Waals surface area contributed by atoms with Gasteiger partial charge in [0.15, 0.2) is 5.41 Å². The number of urea groups is 1. The molecule has 132 valence electrons. The van der Waals surface area contributed by atoms with Crippen LogP contribution in [0.4, 0.5) is 16.2 Å². The summed E-state index contributed by atoms with van der Waals surface area (Å²) < 4.78 is 0. The molecule has 1 aromatic carbocycles. The highest BCUT2D eigenvalue weighted by Gasteiger charge is 2.58. The highest BCUT2D eigenvalue weighted by molar-refractivity contribution is 6.34. The molecule has 2 aliphatic heterocycles. The number of anilines is 1. The maximum Gasteiger partial charge on any atom is 0.332 e. The fraction of sp³-hybridized carbons (Fsp3) is 0.400. The van der Waals surface area contributed by atoms with E-state index in [4.69, 9.17) is 11.6 Å². The lowest BCUT2D eigenvalue weighted by molar-refractivity contribution is -0.384. The number of carbonyl (C=O) groups excluding carboxylic acids is 3. The molecule has 2 aliphatic rings. The summed E-state index contributed by atoms with van der Waals surface area (Å²) in [5, 5.41) is 11.0. The fourth-order valence-corrected chi connectivity index (χ4v) is 3.83. The zero-order valence-electron chi connectivity index (χ0n) is 13.8. The Morgan fingerprint density at radius 2 is 1.68 bits per heavy atom. The second kappa shape index (κ2) is 5.41. The van der Waals surface area contributed by atoms with Gasteiger partial charge in [-0.15, -0.1) is 0 Å². The van der Waals surface area contributed by atoms with Crippen molar-refractivity contribution in [1.29, 1.82) is 0 Å². The number of nitro groups is 1. The van der Waals surface area contributed by atoms with Gasteiger partial charge in [0.1, 0.15) is 5.02 Å². The second-order valence-corrected chi connectivity index (χ2v) is 6.66. The minimum absolute atomic E-state index is 0.0494. The second-order valence-electron chi connectivity index (χ2n) is 6.28. The van der Waals surface area contributed by atoms with Crippen molar-refractivity contribution in [3.63, 3.8) is 0 Å². The van der Waals surface area contributed by atoms with Gasteiger partial charge in [-0.3, -0.25) is 29.5 Å². The Morgan fingerprint density at radius 3 is 2.20 bits per heavy atom. The van der Waals surface area contributed by atoms with Crippen LogP contribution in [0.2, 0.25) is 5.02 Å². The minimum atomic E-state index is -1.54. The van der Waals surface area contributed by atoms with Crippen LogP contribution in [0, 0.1) is 15.5 Å². The first-order valence-corrected chi connectivity index (χ1v) is 7.77. The quantitative estimate of drug-likeness (QED) is 0.421. The number of hydrogen-bond donors (Lipinski definition) is 0. The van der Waals surface area contributed by atoms with Gasteiger partial charge < -0.3 is 4.90 Å². The number of hydrogen-bond acceptors (Lipinski definition) is 6. The van der Waals surface area contributed by atoms with Crippen LogP contribution in [-0.4, -0.2) is 60.3 Å². The molecule has 1 fully saturated rings. The topological polar surface area (TPSA) is 104 Å². The first kappa shape index (κ1) is 17.2. The average molecular weight is 367 g/mol. The maximum absolute atomic E-state index is 12.8. The average Bonchev–Trinajstić information content (AvgIpc) is 2.57. The summed E-state index contributed by atoms with van der Waals surface area (Å²) in [6.45, 7) is 0.0494. The zero-order chi connectivity index (χ0) is 18.7. The number of fused-ring (bicyclic) bond motifs is 1. The Hall–Kier alpha value is -2.68. The molecule has 0 bridgehead atoms. The van der Waals surface area contributed by atoms with Crippen molar-refractivity contribution < 1.29 is 19.3 Å². The van der Waals surface area contributed by atoms with Crippen LogP contribution < -0.4 is 4.90 Å². The van der Waals surface area contributed by atoms with Gasteiger partial charge in [-0.1, -0.05) is 11.6 Å². The number of barbiturate groups is 1. The molecule has 10 heteroatoms. The van der Waals surface area contributed by atoms with Crippen LogP contribution in [0.1, 0.15) is 5.56 Å². The number of halogens is 1. The lowest BCUT2D eigenvalue weighted by Crippen LogP contribution is -2.67. The number of benzene rings is 1. The van der Waals surface area contributed by atoms with Crippen LogP contribution in [0.25, 0.3) is 0 Å². The lowest BCUT2D eigenvalue weighted by atomic mass is 9.74. The first-order chi connectivity index (χ1) is 11.6. The van der Waals surface area contributed by atoms with Gasteiger partial charge in [-0.05, 0) is 6.07 Å². The van der Waals surface area contributed by atoms with E-state index in [1.807, 2.05) is 0 Å². The van der Waals surface area contributed by atoms with Gasteiger partial charge in [-0.25, -0.2) is 4.79 Å². The predicted octanol–water partition coefficient (Wildman–Crippen LogP) is 1.28. The minimum Gasteiger partial charge on any atom is -0.373 e. The van der Waals surface area contributed by atoms with Crippen molar-refractivity contribution in [1.82, 2.24) is 9.80 Å². The third-order valence-electron chi connectivity index (χ3n) is 4.79. The Labute approximate surface area is 147 Å². The zero-order valence-corrected chi connectivity index (χ0v) is 14.5. The molecule has 0 N–H and O–H groups in total. The smallest absolute Gasteiger partial charge is 0.332 e. The van der Waals surface area contributed by atoms with Crippen molar-refractivity contribution in [2.24, 2.45) is 5.41 Å². The van der Waals surface area contributed by atoms with E-state index in [1.165, 1.54) is 20.2 Å². The van der Waals surface area contributed by atoms with Crippen LogP contribution in [0.15, 0.2) is 12.1 Å². The van der Waals surface area contributed by atoms with E-state index in [0.717, 1.165) is 9.80 Å². The van der Waals surface area contributed by atoms with Gasteiger partial charge in [0, 0.05) is 51.4 Å². The van der Waals surface area contributed by atoms with E-state index in [-0.39, 0.29) is 23.7 Å². The van der Waals surface area contributed by atoms with Crippen molar-refractivity contribution in [3.05, 3.63) is 32.8 Å². The van der Waals surface area contributed by atoms with E-state index < -0.39 is 28.2 Å². The third-order valence-corrected chi connectivity index (χ3v) is 5.22. The lowest BCUT2D eigenvalue weighted by Gasteiger charge is -2.46. The van der Waals surface area contributed by atoms with Crippen LogP contribution in [0.3, 0.4) is 0 Å². The highest BCUT2D eigenvalue weighted by atomic mass is 35.5.